The number of hydrogen-bond donors (Lipinski definition) is 3. The summed E-state index contributed by atoms with van der Waals surface area (Å²) >= 11 is 0. The van der Waals surface area contributed by atoms with E-state index in [1.54, 1.807) is 0 Å². The van der Waals surface area contributed by atoms with Crippen molar-refractivity contribution in [2.45, 2.75) is 26.0 Å². The topological polar surface area (TPSA) is 55.7 Å². The Bertz CT molecular complexity index is 120. The molecule has 1 unspecified atom stereocenters. The van der Waals surface area contributed by atoms with Crippen LogP contribution >= 0.6 is 0 Å². The smallest absolute Gasteiger partial charge is 0.0894 e. The molecular formula is C9H22N2O2. The minimum Gasteiger partial charge on any atom is -0.394 e. The maximum Gasteiger partial charge on any atom is 0.0894 e. The van der Waals surface area contributed by atoms with E-state index in [4.69, 9.17) is 10.2 Å². The minimum absolute atomic E-state index is 0.174. The van der Waals surface area contributed by atoms with Gasteiger partial charge in [0.05, 0.1) is 12.7 Å². The van der Waals surface area contributed by atoms with Crippen LogP contribution in [0.3, 0.4) is 0 Å². The molecule has 0 amide bonds. The molecule has 0 radical (unpaired) electrons. The maximum atomic E-state index is 9.01. The summed E-state index contributed by atoms with van der Waals surface area (Å²) in [7, 11) is 2.06. The van der Waals surface area contributed by atoms with Gasteiger partial charge in [0.25, 0.3) is 0 Å². The van der Waals surface area contributed by atoms with Gasteiger partial charge in [-0.3, -0.25) is 0 Å². The van der Waals surface area contributed by atoms with E-state index in [0.29, 0.717) is 12.6 Å². The molecule has 1 atom stereocenters. The van der Waals surface area contributed by atoms with E-state index in [-0.39, 0.29) is 6.61 Å². The fraction of sp³-hybridized carbons (Fsp3) is 1.00. The second-order valence-corrected chi connectivity index (χ2v) is 3.61. The van der Waals surface area contributed by atoms with Crippen LogP contribution in [0.1, 0.15) is 13.8 Å². The van der Waals surface area contributed by atoms with Gasteiger partial charge < -0.3 is 20.4 Å². The zero-order chi connectivity index (χ0) is 10.3. The van der Waals surface area contributed by atoms with Gasteiger partial charge in [-0.1, -0.05) is 0 Å². The molecule has 13 heavy (non-hydrogen) atoms. The molecule has 4 nitrogen and oxygen atoms in total. The Balaban J connectivity index is 3.25. The third kappa shape index (κ3) is 6.95. The van der Waals surface area contributed by atoms with E-state index in [9.17, 15) is 0 Å². The van der Waals surface area contributed by atoms with E-state index in [1.165, 1.54) is 0 Å². The zero-order valence-electron chi connectivity index (χ0n) is 8.82. The molecule has 0 aliphatic rings. The average Bonchev–Trinajstić information content (AvgIpc) is 2.11. The van der Waals surface area contributed by atoms with Crippen molar-refractivity contribution in [3.8, 4) is 0 Å². The molecule has 80 valence electrons. The highest BCUT2D eigenvalue weighted by molar-refractivity contribution is 4.61. The molecule has 0 aromatic heterocycles. The van der Waals surface area contributed by atoms with Crippen molar-refractivity contribution in [3.05, 3.63) is 0 Å². The van der Waals surface area contributed by atoms with Crippen LogP contribution in [0, 0.1) is 0 Å². The SMILES string of the molecule is CC(C)N(C)CCNCC(O)CO. The second kappa shape index (κ2) is 7.26. The Morgan fingerprint density at radius 2 is 2.00 bits per heavy atom. The molecule has 0 bridgehead atoms. The van der Waals surface area contributed by atoms with Gasteiger partial charge >= 0.3 is 0 Å². The van der Waals surface area contributed by atoms with Crippen molar-refractivity contribution in [1.29, 1.82) is 0 Å². The predicted octanol–water partition coefficient (Wildman–Crippen LogP) is -0.731. The van der Waals surface area contributed by atoms with Crippen LogP contribution in [0.4, 0.5) is 0 Å². The molecule has 0 aromatic rings. The standard InChI is InChI=1S/C9H22N2O2/c1-8(2)11(3)5-4-10-6-9(13)7-12/h8-10,12-13H,4-7H2,1-3H3. The monoisotopic (exact) mass is 190 g/mol. The van der Waals surface area contributed by atoms with Gasteiger partial charge in [0, 0.05) is 25.7 Å². The van der Waals surface area contributed by atoms with Gasteiger partial charge in [0.15, 0.2) is 0 Å². The summed E-state index contributed by atoms with van der Waals surface area (Å²) in [6.45, 7) is 6.36. The first-order chi connectivity index (χ1) is 6.07. The highest BCUT2D eigenvalue weighted by Crippen LogP contribution is 1.90. The molecule has 0 spiro atoms. The number of hydrogen-bond acceptors (Lipinski definition) is 4. The summed E-state index contributed by atoms with van der Waals surface area (Å²) in [6, 6.07) is 0.546. The first-order valence-electron chi connectivity index (χ1n) is 4.77. The number of rotatable bonds is 7. The Labute approximate surface area is 80.6 Å². The molecule has 4 heteroatoms. The number of aliphatic hydroxyl groups excluding tert-OH is 2. The van der Waals surface area contributed by atoms with Crippen molar-refractivity contribution >= 4 is 0 Å². The van der Waals surface area contributed by atoms with Crippen LogP contribution < -0.4 is 5.32 Å². The zero-order valence-corrected chi connectivity index (χ0v) is 8.82. The summed E-state index contributed by atoms with van der Waals surface area (Å²) in [6.07, 6.45) is -0.635. The Morgan fingerprint density at radius 3 is 2.46 bits per heavy atom. The molecule has 0 saturated carbocycles. The van der Waals surface area contributed by atoms with E-state index in [0.717, 1.165) is 13.1 Å². The lowest BCUT2D eigenvalue weighted by atomic mass is 10.3. The lowest BCUT2D eigenvalue weighted by Gasteiger charge is -2.21. The molecule has 0 aromatic carbocycles. The molecule has 0 saturated heterocycles. The van der Waals surface area contributed by atoms with Crippen LogP contribution in [0.5, 0.6) is 0 Å². The fourth-order valence-corrected chi connectivity index (χ4v) is 0.847. The number of nitrogens with zero attached hydrogens (tertiary/aromatic N) is 1. The van der Waals surface area contributed by atoms with Gasteiger partial charge in [-0.25, -0.2) is 0 Å². The Kier molecular flexibility index (Phi) is 7.17. The van der Waals surface area contributed by atoms with Crippen molar-refractivity contribution in [2.24, 2.45) is 0 Å². The van der Waals surface area contributed by atoms with Crippen LogP contribution in [-0.2, 0) is 0 Å². The van der Waals surface area contributed by atoms with Crippen LogP contribution in [0.2, 0.25) is 0 Å². The second-order valence-electron chi connectivity index (χ2n) is 3.61. The summed E-state index contributed by atoms with van der Waals surface area (Å²) < 4.78 is 0. The Hall–Kier alpha value is -0.160. The first-order valence-corrected chi connectivity index (χ1v) is 4.77. The van der Waals surface area contributed by atoms with E-state index < -0.39 is 6.10 Å². The predicted molar refractivity (Wildman–Crippen MR) is 53.7 cm³/mol. The highest BCUT2D eigenvalue weighted by atomic mass is 16.3. The summed E-state index contributed by atoms with van der Waals surface area (Å²) in [5, 5.41) is 20.6. The number of aliphatic hydroxyl groups is 2. The van der Waals surface area contributed by atoms with Crippen LogP contribution in [0.25, 0.3) is 0 Å². The molecule has 0 aliphatic carbocycles. The van der Waals surface area contributed by atoms with Crippen LogP contribution in [-0.4, -0.2) is 60.5 Å². The van der Waals surface area contributed by atoms with Gasteiger partial charge in [-0.2, -0.15) is 0 Å². The molecule has 3 N–H and O–H groups in total. The van der Waals surface area contributed by atoms with E-state index >= 15 is 0 Å². The summed E-state index contributed by atoms with van der Waals surface area (Å²) in [4.78, 5) is 2.22. The summed E-state index contributed by atoms with van der Waals surface area (Å²) in [5.74, 6) is 0. The van der Waals surface area contributed by atoms with Crippen molar-refractivity contribution in [3.63, 3.8) is 0 Å². The Morgan fingerprint density at radius 1 is 1.38 bits per heavy atom. The maximum absolute atomic E-state index is 9.01. The third-order valence-corrected chi connectivity index (χ3v) is 2.11. The number of nitrogens with one attached hydrogen (secondary N) is 1. The average molecular weight is 190 g/mol. The highest BCUT2D eigenvalue weighted by Gasteiger charge is 2.03. The van der Waals surface area contributed by atoms with Gasteiger partial charge in [0.1, 0.15) is 0 Å². The molecule has 0 rings (SSSR count). The molecule has 0 fully saturated rings. The van der Waals surface area contributed by atoms with Crippen LogP contribution in [0.15, 0.2) is 0 Å². The van der Waals surface area contributed by atoms with Crippen molar-refractivity contribution in [2.75, 3.05) is 33.3 Å². The normalized spacial score (nSPS) is 14.1. The first kappa shape index (κ1) is 12.8. The molecule has 0 heterocycles. The third-order valence-electron chi connectivity index (χ3n) is 2.11. The molecule has 0 aliphatic heterocycles. The summed E-state index contributed by atoms with van der Waals surface area (Å²) in [5.41, 5.74) is 0. The van der Waals surface area contributed by atoms with Crippen molar-refractivity contribution in [1.82, 2.24) is 10.2 Å². The van der Waals surface area contributed by atoms with Gasteiger partial charge in [-0.05, 0) is 20.9 Å². The quantitative estimate of drug-likeness (QED) is 0.463. The van der Waals surface area contributed by atoms with E-state index in [2.05, 4.69) is 31.1 Å². The van der Waals surface area contributed by atoms with Gasteiger partial charge in [-0.15, -0.1) is 0 Å². The van der Waals surface area contributed by atoms with E-state index in [1.807, 2.05) is 0 Å². The largest absolute Gasteiger partial charge is 0.394 e. The fourth-order valence-electron chi connectivity index (χ4n) is 0.847. The van der Waals surface area contributed by atoms with Gasteiger partial charge in [0.2, 0.25) is 0 Å². The lowest BCUT2D eigenvalue weighted by Crippen LogP contribution is -2.37. The molecular weight excluding hydrogens is 168 g/mol. The minimum atomic E-state index is -0.635. The number of likely N-dealkylation sites (N-methyl/N-ethyl adjacent to an activating group) is 1. The lowest BCUT2D eigenvalue weighted by molar-refractivity contribution is 0.0938. The van der Waals surface area contributed by atoms with Crippen molar-refractivity contribution < 1.29 is 10.2 Å².